The van der Waals surface area contributed by atoms with Crippen LogP contribution in [-0.4, -0.2) is 57.9 Å². The molecule has 0 amide bonds. The molecule has 2 rings (SSSR count). The molecule has 2 unspecified atom stereocenters. The number of carbonyl (C=O) groups is 2. The second-order valence-corrected chi connectivity index (χ2v) is 6.97. The van der Waals surface area contributed by atoms with E-state index in [0.29, 0.717) is 18.6 Å². The van der Waals surface area contributed by atoms with Crippen LogP contribution < -0.4 is 0 Å². The molecule has 0 spiro atoms. The first kappa shape index (κ1) is 22.9. The van der Waals surface area contributed by atoms with Crippen molar-refractivity contribution < 1.29 is 29.6 Å². The first-order valence-electron chi connectivity index (χ1n) is 9.75. The van der Waals surface area contributed by atoms with Gasteiger partial charge in [-0.3, -0.25) is 9.59 Å². The lowest BCUT2D eigenvalue weighted by Crippen LogP contribution is -2.48. The van der Waals surface area contributed by atoms with Crippen LogP contribution in [0.5, 0.6) is 0 Å². The number of aliphatic hydroxyl groups is 3. The van der Waals surface area contributed by atoms with Gasteiger partial charge in [-0.25, -0.2) is 0 Å². The smallest absolute Gasteiger partial charge is 0.232 e. The summed E-state index contributed by atoms with van der Waals surface area (Å²) in [5.41, 5.74) is 1.56. The third-order valence-electron chi connectivity index (χ3n) is 4.60. The predicted octanol–water partition coefficient (Wildman–Crippen LogP) is 1.49. The summed E-state index contributed by atoms with van der Waals surface area (Å²) in [6.45, 7) is 2.21. The van der Waals surface area contributed by atoms with E-state index in [2.05, 4.69) is 0 Å². The van der Waals surface area contributed by atoms with Crippen LogP contribution in [0, 0.1) is 0 Å². The number of carbonyl (C=O) groups excluding carboxylic acids is 2. The largest absolute Gasteiger partial charge is 0.390 e. The highest BCUT2D eigenvalue weighted by atomic mass is 16.5. The van der Waals surface area contributed by atoms with Crippen LogP contribution in [0.2, 0.25) is 0 Å². The van der Waals surface area contributed by atoms with Crippen LogP contribution in [0.4, 0.5) is 0 Å². The number of Topliss-reactive ketones (excluding diaryl/α,β-unsaturated/α-hetero) is 2. The molecule has 156 valence electrons. The summed E-state index contributed by atoms with van der Waals surface area (Å²) in [5, 5.41) is 30.8. The van der Waals surface area contributed by atoms with Gasteiger partial charge in [-0.2, -0.15) is 0 Å². The van der Waals surface area contributed by atoms with Gasteiger partial charge in [-0.15, -0.1) is 0 Å². The molecule has 0 bridgehead atoms. The lowest BCUT2D eigenvalue weighted by atomic mass is 9.94. The second kappa shape index (κ2) is 11.6. The normalized spacial score (nSPS) is 15.3. The molecule has 6 nitrogen and oxygen atoms in total. The van der Waals surface area contributed by atoms with E-state index in [1.807, 2.05) is 37.3 Å². The topological polar surface area (TPSA) is 104 Å². The number of benzene rings is 2. The summed E-state index contributed by atoms with van der Waals surface area (Å²) in [5.74, 6) is -2.39. The Morgan fingerprint density at radius 1 is 0.793 bits per heavy atom. The van der Waals surface area contributed by atoms with Crippen LogP contribution >= 0.6 is 0 Å². The first-order valence-corrected chi connectivity index (χ1v) is 9.75. The summed E-state index contributed by atoms with van der Waals surface area (Å²) in [6, 6.07) is 18.0. The van der Waals surface area contributed by atoms with E-state index in [-0.39, 0.29) is 12.8 Å². The monoisotopic (exact) mass is 400 g/mol. The minimum Gasteiger partial charge on any atom is -0.390 e. The van der Waals surface area contributed by atoms with Gasteiger partial charge in [0.15, 0.2) is 0 Å². The van der Waals surface area contributed by atoms with Crippen molar-refractivity contribution in [3.8, 4) is 0 Å². The maximum Gasteiger partial charge on any atom is 0.232 e. The van der Waals surface area contributed by atoms with Crippen LogP contribution in [0.15, 0.2) is 60.7 Å². The Morgan fingerprint density at radius 2 is 1.28 bits per heavy atom. The van der Waals surface area contributed by atoms with Gasteiger partial charge in [-0.05, 0) is 17.5 Å². The van der Waals surface area contributed by atoms with Crippen molar-refractivity contribution in [2.24, 2.45) is 0 Å². The SMILES string of the molecule is CCCOC(Cc1ccccc1)[C@H](O)C(=O)C(=O)[C@H](O)C(O)Cc1ccccc1. The fraction of sp³-hybridized carbons (Fsp3) is 0.391. The third-order valence-corrected chi connectivity index (χ3v) is 4.60. The van der Waals surface area contributed by atoms with Gasteiger partial charge in [0.2, 0.25) is 11.6 Å². The average molecular weight is 400 g/mol. The van der Waals surface area contributed by atoms with Crippen molar-refractivity contribution in [2.45, 2.75) is 50.6 Å². The van der Waals surface area contributed by atoms with Gasteiger partial charge in [0.1, 0.15) is 12.2 Å². The van der Waals surface area contributed by atoms with Crippen molar-refractivity contribution in [3.63, 3.8) is 0 Å². The molecule has 4 atom stereocenters. The van der Waals surface area contributed by atoms with Crippen molar-refractivity contribution in [3.05, 3.63) is 71.8 Å². The fourth-order valence-electron chi connectivity index (χ4n) is 2.98. The molecule has 0 saturated heterocycles. The van der Waals surface area contributed by atoms with Crippen LogP contribution in [0.25, 0.3) is 0 Å². The van der Waals surface area contributed by atoms with Crippen molar-refractivity contribution in [2.75, 3.05) is 6.61 Å². The number of aliphatic hydroxyl groups excluding tert-OH is 3. The van der Waals surface area contributed by atoms with Crippen molar-refractivity contribution in [1.82, 2.24) is 0 Å². The summed E-state index contributed by atoms with van der Waals surface area (Å²) in [7, 11) is 0. The highest BCUT2D eigenvalue weighted by Gasteiger charge is 2.37. The molecule has 3 N–H and O–H groups in total. The predicted molar refractivity (Wildman–Crippen MR) is 108 cm³/mol. The minimum atomic E-state index is -1.92. The van der Waals surface area contributed by atoms with Crippen LogP contribution in [0.1, 0.15) is 24.5 Å². The minimum absolute atomic E-state index is 0.0108. The molecule has 0 aromatic heterocycles. The molecule has 6 heteroatoms. The molecule has 0 radical (unpaired) electrons. The molecule has 0 aliphatic carbocycles. The summed E-state index contributed by atoms with van der Waals surface area (Å²) in [6.07, 6.45) is -5.09. The van der Waals surface area contributed by atoms with Gasteiger partial charge in [0, 0.05) is 19.4 Å². The number of ether oxygens (including phenoxy) is 1. The third kappa shape index (κ3) is 6.87. The first-order chi connectivity index (χ1) is 13.9. The van der Waals surface area contributed by atoms with E-state index in [0.717, 1.165) is 5.56 Å². The standard InChI is InChI=1S/C23H28O6/c1-2-13-29-19(15-17-11-7-4-8-12-17)21(26)23(28)22(27)20(25)18(24)14-16-9-5-3-6-10-16/h3-12,18-21,24-26H,2,13-15H2,1H3/t18?,19?,20-,21+/m1/s1. The van der Waals surface area contributed by atoms with E-state index >= 15 is 0 Å². The number of ketones is 2. The number of hydrogen-bond acceptors (Lipinski definition) is 6. The molecule has 0 saturated carbocycles. The van der Waals surface area contributed by atoms with Gasteiger partial charge in [-0.1, -0.05) is 67.6 Å². The molecule has 0 aliphatic rings. The number of rotatable bonds is 12. The molecule has 0 fully saturated rings. The summed E-state index contributed by atoms with van der Waals surface area (Å²) >= 11 is 0. The fourth-order valence-corrected chi connectivity index (χ4v) is 2.98. The molecule has 0 aliphatic heterocycles. The average Bonchev–Trinajstić information content (AvgIpc) is 2.75. The van der Waals surface area contributed by atoms with Crippen LogP contribution in [0.3, 0.4) is 0 Å². The molecule has 0 heterocycles. The highest BCUT2D eigenvalue weighted by Crippen LogP contribution is 2.14. The summed E-state index contributed by atoms with van der Waals surface area (Å²) < 4.78 is 5.60. The Bertz CT molecular complexity index is 761. The molecule has 2 aromatic rings. The Kier molecular flexibility index (Phi) is 9.15. The van der Waals surface area contributed by atoms with Crippen molar-refractivity contribution >= 4 is 11.6 Å². The Hall–Kier alpha value is -2.38. The van der Waals surface area contributed by atoms with E-state index in [9.17, 15) is 24.9 Å². The van der Waals surface area contributed by atoms with E-state index in [4.69, 9.17) is 4.74 Å². The Balaban J connectivity index is 2.04. The molecule has 2 aromatic carbocycles. The molecular weight excluding hydrogens is 372 g/mol. The molecular formula is C23H28O6. The maximum absolute atomic E-state index is 12.5. The maximum atomic E-state index is 12.5. The Morgan fingerprint density at radius 3 is 1.79 bits per heavy atom. The van der Waals surface area contributed by atoms with Gasteiger partial charge in [0.25, 0.3) is 0 Å². The van der Waals surface area contributed by atoms with E-state index < -0.39 is 36.0 Å². The summed E-state index contributed by atoms with van der Waals surface area (Å²) in [4.78, 5) is 24.9. The lowest BCUT2D eigenvalue weighted by Gasteiger charge is -2.24. The zero-order valence-electron chi connectivity index (χ0n) is 16.5. The van der Waals surface area contributed by atoms with Crippen molar-refractivity contribution in [1.29, 1.82) is 0 Å². The zero-order chi connectivity index (χ0) is 21.2. The highest BCUT2D eigenvalue weighted by molar-refractivity contribution is 6.40. The lowest BCUT2D eigenvalue weighted by molar-refractivity contribution is -0.154. The van der Waals surface area contributed by atoms with Crippen LogP contribution in [-0.2, 0) is 27.2 Å². The zero-order valence-corrected chi connectivity index (χ0v) is 16.5. The van der Waals surface area contributed by atoms with Gasteiger partial charge < -0.3 is 20.1 Å². The Labute approximate surface area is 170 Å². The van der Waals surface area contributed by atoms with Gasteiger partial charge in [0.05, 0.1) is 12.2 Å². The number of hydrogen-bond donors (Lipinski definition) is 3. The quantitative estimate of drug-likeness (QED) is 0.467. The van der Waals surface area contributed by atoms with E-state index in [1.165, 1.54) is 0 Å². The second-order valence-electron chi connectivity index (χ2n) is 6.97. The van der Waals surface area contributed by atoms with Gasteiger partial charge >= 0.3 is 0 Å². The van der Waals surface area contributed by atoms with E-state index in [1.54, 1.807) is 30.3 Å². The molecule has 29 heavy (non-hydrogen) atoms.